The monoisotopic (exact) mass is 363 g/mol. The van der Waals surface area contributed by atoms with Crippen LogP contribution in [0.2, 0.25) is 5.02 Å². The maximum Gasteiger partial charge on any atom is 0.321 e. The molecule has 1 aromatic rings. The number of rotatable bonds is 3. The van der Waals surface area contributed by atoms with E-state index in [1.54, 1.807) is 25.1 Å². The van der Waals surface area contributed by atoms with Crippen LogP contribution in [0.3, 0.4) is 0 Å². The van der Waals surface area contributed by atoms with Gasteiger partial charge in [0, 0.05) is 18.1 Å². The highest BCUT2D eigenvalue weighted by molar-refractivity contribution is 6.30. The van der Waals surface area contributed by atoms with Gasteiger partial charge in [0.1, 0.15) is 6.04 Å². The van der Waals surface area contributed by atoms with Crippen molar-refractivity contribution in [3.05, 3.63) is 34.9 Å². The Kier molecular flexibility index (Phi) is 5.58. The summed E-state index contributed by atoms with van der Waals surface area (Å²) in [5.74, 6) is -1.41. The number of carbonyl (C=O) groups excluding carboxylic acids is 2. The van der Waals surface area contributed by atoms with E-state index in [0.29, 0.717) is 11.0 Å². The van der Waals surface area contributed by atoms with E-state index in [4.69, 9.17) is 21.3 Å². The van der Waals surface area contributed by atoms with Crippen LogP contribution in [0.5, 0.6) is 0 Å². The minimum Gasteiger partial charge on any atom is -0.465 e. The average Bonchev–Trinajstić information content (AvgIpc) is 2.62. The van der Waals surface area contributed by atoms with E-state index in [1.807, 2.05) is 6.07 Å². The lowest BCUT2D eigenvalue weighted by molar-refractivity contribution is -0.153. The lowest BCUT2D eigenvalue weighted by atomic mass is 9.91. The quantitative estimate of drug-likeness (QED) is 0.661. The lowest BCUT2D eigenvalue weighted by Gasteiger charge is -2.35. The molecule has 2 aliphatic heterocycles. The zero-order chi connectivity index (χ0) is 17.8. The fourth-order valence-corrected chi connectivity index (χ4v) is 3.46. The topological polar surface area (TPSA) is 71.0 Å². The van der Waals surface area contributed by atoms with Crippen molar-refractivity contribution in [1.29, 1.82) is 0 Å². The molecule has 0 bridgehead atoms. The van der Waals surface area contributed by atoms with Gasteiger partial charge < -0.3 is 9.64 Å². The van der Waals surface area contributed by atoms with Crippen LogP contribution < -0.4 is 5.32 Å². The second-order valence-electron chi connectivity index (χ2n) is 6.22. The molecule has 6 nitrogen and oxygen atoms in total. The molecule has 1 saturated heterocycles. The number of halogens is 1. The summed E-state index contributed by atoms with van der Waals surface area (Å²) in [6.45, 7) is 3.64. The molecule has 0 unspecified atom stereocenters. The largest absolute Gasteiger partial charge is 0.465 e. The molecule has 3 rings (SSSR count). The summed E-state index contributed by atoms with van der Waals surface area (Å²) in [6.07, 6.45) is 3.32. The number of piperidine rings is 1. The van der Waals surface area contributed by atoms with Gasteiger partial charge in [0.2, 0.25) is 11.9 Å². The van der Waals surface area contributed by atoms with E-state index in [0.717, 1.165) is 31.5 Å². The first kappa shape index (κ1) is 17.7. The van der Waals surface area contributed by atoms with Crippen LogP contribution in [0.15, 0.2) is 29.3 Å². The Hall–Kier alpha value is -2.08. The van der Waals surface area contributed by atoms with Crippen LogP contribution >= 0.6 is 11.6 Å². The molecule has 0 aromatic heterocycles. The summed E-state index contributed by atoms with van der Waals surface area (Å²) in [5.41, 5.74) is 0.731. The lowest BCUT2D eigenvalue weighted by Crippen LogP contribution is -2.53. The Morgan fingerprint density at radius 2 is 2.12 bits per heavy atom. The van der Waals surface area contributed by atoms with Crippen LogP contribution in [-0.2, 0) is 14.3 Å². The standard InChI is InChI=1S/C18H22ClN3O3/c1-2-25-17(24)14-15(12-7-6-8-13(19)11-12)20-18(21-16(14)23)22-9-4-3-5-10-22/h6-8,11,14-15H,2-5,9-10H2,1H3,(H,20,21,23)/t14-,15+/m1/s1. The third-order valence-corrected chi connectivity index (χ3v) is 4.72. The molecule has 7 heteroatoms. The number of esters is 1. The molecule has 0 saturated carbocycles. The van der Waals surface area contributed by atoms with Crippen molar-refractivity contribution in [3.63, 3.8) is 0 Å². The highest BCUT2D eigenvalue weighted by Crippen LogP contribution is 2.32. The Balaban J connectivity index is 1.97. The second kappa shape index (κ2) is 7.87. The zero-order valence-corrected chi connectivity index (χ0v) is 15.0. The van der Waals surface area contributed by atoms with Crippen LogP contribution in [0.25, 0.3) is 0 Å². The van der Waals surface area contributed by atoms with E-state index >= 15 is 0 Å². The summed E-state index contributed by atoms with van der Waals surface area (Å²) in [4.78, 5) is 31.8. The molecule has 2 atom stereocenters. The number of hydrogen-bond acceptors (Lipinski definition) is 5. The van der Waals surface area contributed by atoms with Crippen molar-refractivity contribution < 1.29 is 14.3 Å². The number of nitrogens with zero attached hydrogens (tertiary/aromatic N) is 2. The number of carbonyl (C=O) groups is 2. The van der Waals surface area contributed by atoms with E-state index in [1.165, 1.54) is 6.42 Å². The molecule has 1 aromatic carbocycles. The molecule has 2 aliphatic rings. The molecule has 2 heterocycles. The summed E-state index contributed by atoms with van der Waals surface area (Å²) >= 11 is 6.10. The van der Waals surface area contributed by atoms with Gasteiger partial charge in [-0.15, -0.1) is 0 Å². The van der Waals surface area contributed by atoms with Crippen molar-refractivity contribution in [2.45, 2.75) is 32.2 Å². The molecular weight excluding hydrogens is 342 g/mol. The van der Waals surface area contributed by atoms with Crippen LogP contribution in [0.4, 0.5) is 0 Å². The Morgan fingerprint density at radius 1 is 1.36 bits per heavy atom. The summed E-state index contributed by atoms with van der Waals surface area (Å²) < 4.78 is 5.10. The molecule has 1 fully saturated rings. The van der Waals surface area contributed by atoms with E-state index in [-0.39, 0.29) is 12.5 Å². The number of amides is 1. The van der Waals surface area contributed by atoms with E-state index in [9.17, 15) is 9.59 Å². The number of benzene rings is 1. The number of ether oxygens (including phenoxy) is 1. The summed E-state index contributed by atoms with van der Waals surface area (Å²) in [6, 6.07) is 6.49. The second-order valence-corrected chi connectivity index (χ2v) is 6.66. The number of hydrogen-bond donors (Lipinski definition) is 1. The van der Waals surface area contributed by atoms with Crippen LogP contribution in [0, 0.1) is 5.92 Å². The molecule has 134 valence electrons. The first-order chi connectivity index (χ1) is 12.1. The van der Waals surface area contributed by atoms with Gasteiger partial charge in [0.25, 0.3) is 0 Å². The normalized spacial score (nSPS) is 23.7. The number of aliphatic imine (C=N–C) groups is 1. The average molecular weight is 364 g/mol. The first-order valence-corrected chi connectivity index (χ1v) is 9.03. The third-order valence-electron chi connectivity index (χ3n) is 4.48. The van der Waals surface area contributed by atoms with Crippen LogP contribution in [0.1, 0.15) is 37.8 Å². The van der Waals surface area contributed by atoms with Gasteiger partial charge in [-0.2, -0.15) is 0 Å². The van der Waals surface area contributed by atoms with Gasteiger partial charge in [-0.3, -0.25) is 14.9 Å². The number of guanidine groups is 1. The molecule has 1 amide bonds. The Labute approximate surface area is 152 Å². The fraction of sp³-hybridized carbons (Fsp3) is 0.500. The SMILES string of the molecule is CCOC(=O)[C@H]1C(=O)NC(N2CCCCC2)=N[C@H]1c1cccc(Cl)c1. The van der Waals surface area contributed by atoms with Gasteiger partial charge in [-0.05, 0) is 43.9 Å². The minimum absolute atomic E-state index is 0.216. The number of likely N-dealkylation sites (tertiary alicyclic amines) is 1. The predicted molar refractivity (Wildman–Crippen MR) is 95.3 cm³/mol. The molecular formula is C18H22ClN3O3. The maximum atomic E-state index is 12.7. The highest BCUT2D eigenvalue weighted by atomic mass is 35.5. The molecule has 25 heavy (non-hydrogen) atoms. The Morgan fingerprint density at radius 3 is 2.80 bits per heavy atom. The van der Waals surface area contributed by atoms with Crippen molar-refractivity contribution in [3.8, 4) is 0 Å². The number of nitrogens with one attached hydrogen (secondary N) is 1. The van der Waals surface area contributed by atoms with Gasteiger partial charge in [0.05, 0.1) is 6.61 Å². The fourth-order valence-electron chi connectivity index (χ4n) is 3.26. The minimum atomic E-state index is -1.01. The van der Waals surface area contributed by atoms with E-state index < -0.39 is 17.9 Å². The molecule has 0 radical (unpaired) electrons. The van der Waals surface area contributed by atoms with Crippen molar-refractivity contribution >= 4 is 29.4 Å². The predicted octanol–water partition coefficient (Wildman–Crippen LogP) is 2.53. The van der Waals surface area contributed by atoms with Gasteiger partial charge in [0.15, 0.2) is 5.92 Å². The van der Waals surface area contributed by atoms with Crippen LogP contribution in [-0.4, -0.2) is 42.4 Å². The molecule has 0 spiro atoms. The van der Waals surface area contributed by atoms with Crippen molar-refractivity contribution in [2.75, 3.05) is 19.7 Å². The van der Waals surface area contributed by atoms with Gasteiger partial charge in [-0.1, -0.05) is 23.7 Å². The zero-order valence-electron chi connectivity index (χ0n) is 14.2. The highest BCUT2D eigenvalue weighted by Gasteiger charge is 2.42. The maximum absolute atomic E-state index is 12.7. The summed E-state index contributed by atoms with van der Waals surface area (Å²) in [7, 11) is 0. The smallest absolute Gasteiger partial charge is 0.321 e. The van der Waals surface area contributed by atoms with Crippen molar-refractivity contribution in [1.82, 2.24) is 10.2 Å². The van der Waals surface area contributed by atoms with E-state index in [2.05, 4.69) is 10.2 Å². The van der Waals surface area contributed by atoms with Gasteiger partial charge >= 0.3 is 5.97 Å². The molecule has 1 N–H and O–H groups in total. The third kappa shape index (κ3) is 3.95. The summed E-state index contributed by atoms with van der Waals surface area (Å²) in [5, 5.41) is 3.34. The van der Waals surface area contributed by atoms with Crippen molar-refractivity contribution in [2.24, 2.45) is 10.9 Å². The Bertz CT molecular complexity index is 686. The van der Waals surface area contributed by atoms with Gasteiger partial charge in [-0.25, -0.2) is 4.99 Å². The molecule has 0 aliphatic carbocycles. The first-order valence-electron chi connectivity index (χ1n) is 8.66.